The standard InChI is InChI=1S/C17H15Br2NO/c18-15-8-14(9-16(19)10-15)17(21)20-7-3-6-12-4-1-2-5-13(12)11-20/h1-2,4-5,8-10H,3,6-7,11H2. The molecule has 21 heavy (non-hydrogen) atoms. The molecule has 0 bridgehead atoms. The van der Waals surface area contributed by atoms with E-state index in [2.05, 4.69) is 50.1 Å². The molecular weight excluding hydrogens is 394 g/mol. The van der Waals surface area contributed by atoms with E-state index >= 15 is 0 Å². The van der Waals surface area contributed by atoms with Gasteiger partial charge in [0.05, 0.1) is 0 Å². The van der Waals surface area contributed by atoms with Crippen molar-refractivity contribution in [3.05, 3.63) is 68.1 Å². The summed E-state index contributed by atoms with van der Waals surface area (Å²) in [6.07, 6.45) is 2.06. The van der Waals surface area contributed by atoms with Crippen LogP contribution in [0.25, 0.3) is 0 Å². The Morgan fingerprint density at radius 3 is 2.38 bits per heavy atom. The average Bonchev–Trinajstić information content (AvgIpc) is 2.67. The summed E-state index contributed by atoms with van der Waals surface area (Å²) in [6.45, 7) is 1.50. The highest BCUT2D eigenvalue weighted by Gasteiger charge is 2.20. The van der Waals surface area contributed by atoms with Gasteiger partial charge in [-0.1, -0.05) is 56.1 Å². The van der Waals surface area contributed by atoms with E-state index < -0.39 is 0 Å². The number of rotatable bonds is 1. The van der Waals surface area contributed by atoms with E-state index in [1.54, 1.807) is 0 Å². The summed E-state index contributed by atoms with van der Waals surface area (Å²) in [5, 5.41) is 0. The largest absolute Gasteiger partial charge is 0.334 e. The minimum absolute atomic E-state index is 0.0914. The molecule has 0 N–H and O–H groups in total. The van der Waals surface area contributed by atoms with Crippen molar-refractivity contribution in [1.82, 2.24) is 4.90 Å². The number of nitrogens with zero attached hydrogens (tertiary/aromatic N) is 1. The van der Waals surface area contributed by atoms with E-state index in [0.29, 0.717) is 6.54 Å². The van der Waals surface area contributed by atoms with Gasteiger partial charge in [0.15, 0.2) is 0 Å². The fraction of sp³-hybridized carbons (Fsp3) is 0.235. The van der Waals surface area contributed by atoms with Crippen molar-refractivity contribution in [2.45, 2.75) is 19.4 Å². The first-order valence-electron chi connectivity index (χ1n) is 6.95. The van der Waals surface area contributed by atoms with E-state index in [1.165, 1.54) is 11.1 Å². The highest BCUT2D eigenvalue weighted by Crippen LogP contribution is 2.24. The van der Waals surface area contributed by atoms with E-state index in [-0.39, 0.29) is 5.91 Å². The van der Waals surface area contributed by atoms with Crippen molar-refractivity contribution in [3.8, 4) is 0 Å². The van der Waals surface area contributed by atoms with Gasteiger partial charge in [-0.15, -0.1) is 0 Å². The first kappa shape index (κ1) is 14.8. The molecule has 0 saturated carbocycles. The summed E-state index contributed by atoms with van der Waals surface area (Å²) in [5.41, 5.74) is 3.34. The second kappa shape index (κ2) is 6.32. The molecule has 1 aliphatic heterocycles. The number of hydrogen-bond donors (Lipinski definition) is 0. The van der Waals surface area contributed by atoms with E-state index in [1.807, 2.05) is 29.2 Å². The molecule has 2 aromatic rings. The molecule has 108 valence electrons. The van der Waals surface area contributed by atoms with Gasteiger partial charge in [-0.2, -0.15) is 0 Å². The van der Waals surface area contributed by atoms with Gasteiger partial charge in [0, 0.05) is 27.6 Å². The van der Waals surface area contributed by atoms with Crippen molar-refractivity contribution in [2.24, 2.45) is 0 Å². The number of fused-ring (bicyclic) bond motifs is 1. The maximum Gasteiger partial charge on any atom is 0.254 e. The topological polar surface area (TPSA) is 20.3 Å². The van der Waals surface area contributed by atoms with Gasteiger partial charge in [-0.3, -0.25) is 4.79 Å². The zero-order chi connectivity index (χ0) is 14.8. The van der Waals surface area contributed by atoms with Crippen LogP contribution in [0.3, 0.4) is 0 Å². The quantitative estimate of drug-likeness (QED) is 0.663. The second-order valence-electron chi connectivity index (χ2n) is 5.26. The molecule has 1 amide bonds. The second-order valence-corrected chi connectivity index (χ2v) is 7.09. The third-order valence-corrected chi connectivity index (χ3v) is 4.67. The molecule has 0 unspecified atom stereocenters. The molecular formula is C17H15Br2NO. The van der Waals surface area contributed by atoms with Gasteiger partial charge >= 0.3 is 0 Å². The summed E-state index contributed by atoms with van der Waals surface area (Å²) in [5.74, 6) is 0.0914. The average molecular weight is 409 g/mol. The van der Waals surface area contributed by atoms with Crippen LogP contribution in [-0.2, 0) is 13.0 Å². The predicted octanol–water partition coefficient (Wildman–Crippen LogP) is 4.80. The van der Waals surface area contributed by atoms with Gasteiger partial charge < -0.3 is 4.90 Å². The van der Waals surface area contributed by atoms with E-state index in [4.69, 9.17) is 0 Å². The zero-order valence-corrected chi connectivity index (χ0v) is 14.7. The lowest BCUT2D eigenvalue weighted by Gasteiger charge is -2.21. The number of aryl methyl sites for hydroxylation is 1. The Hall–Kier alpha value is -1.13. The van der Waals surface area contributed by atoms with Crippen LogP contribution in [-0.4, -0.2) is 17.4 Å². The maximum atomic E-state index is 12.8. The molecule has 0 aliphatic carbocycles. The fourth-order valence-corrected chi connectivity index (χ4v) is 4.03. The third kappa shape index (κ3) is 3.38. The minimum atomic E-state index is 0.0914. The van der Waals surface area contributed by atoms with Crippen LogP contribution in [0.4, 0.5) is 0 Å². The Bertz CT molecular complexity index is 664. The van der Waals surface area contributed by atoms with Crippen molar-refractivity contribution < 1.29 is 4.79 Å². The van der Waals surface area contributed by atoms with Crippen molar-refractivity contribution in [2.75, 3.05) is 6.54 Å². The van der Waals surface area contributed by atoms with Crippen LogP contribution in [0.15, 0.2) is 51.4 Å². The third-order valence-electron chi connectivity index (χ3n) is 3.75. The smallest absolute Gasteiger partial charge is 0.254 e. The first-order valence-corrected chi connectivity index (χ1v) is 8.54. The van der Waals surface area contributed by atoms with Gasteiger partial charge in [-0.05, 0) is 42.2 Å². The Balaban J connectivity index is 1.88. The molecule has 0 spiro atoms. The van der Waals surface area contributed by atoms with Gasteiger partial charge in [0.1, 0.15) is 0 Å². The SMILES string of the molecule is O=C(c1cc(Br)cc(Br)c1)N1CCCc2ccccc2C1. The molecule has 0 saturated heterocycles. The summed E-state index contributed by atoms with van der Waals surface area (Å²) in [7, 11) is 0. The summed E-state index contributed by atoms with van der Waals surface area (Å²) in [6, 6.07) is 14.1. The fourth-order valence-electron chi connectivity index (χ4n) is 2.73. The van der Waals surface area contributed by atoms with Crippen LogP contribution in [0.2, 0.25) is 0 Å². The Morgan fingerprint density at radius 2 is 1.67 bits per heavy atom. The Labute approximate surface area is 141 Å². The molecule has 1 heterocycles. The molecule has 2 aromatic carbocycles. The highest BCUT2D eigenvalue weighted by atomic mass is 79.9. The number of carbonyl (C=O) groups is 1. The predicted molar refractivity (Wildman–Crippen MR) is 91.3 cm³/mol. The van der Waals surface area contributed by atoms with Gasteiger partial charge in [-0.25, -0.2) is 0 Å². The Kier molecular flexibility index (Phi) is 4.45. The van der Waals surface area contributed by atoms with Crippen LogP contribution >= 0.6 is 31.9 Å². The monoisotopic (exact) mass is 407 g/mol. The number of carbonyl (C=O) groups excluding carboxylic acids is 1. The molecule has 3 rings (SSSR count). The molecule has 4 heteroatoms. The molecule has 2 nitrogen and oxygen atoms in total. The highest BCUT2D eigenvalue weighted by molar-refractivity contribution is 9.11. The molecule has 0 atom stereocenters. The summed E-state index contributed by atoms with van der Waals surface area (Å²) < 4.78 is 1.82. The van der Waals surface area contributed by atoms with Crippen LogP contribution in [0, 0.1) is 0 Å². The van der Waals surface area contributed by atoms with E-state index in [0.717, 1.165) is 33.9 Å². The van der Waals surface area contributed by atoms with Crippen LogP contribution in [0.1, 0.15) is 27.9 Å². The number of halogens is 2. The van der Waals surface area contributed by atoms with Gasteiger partial charge in [0.2, 0.25) is 0 Å². The number of benzene rings is 2. The lowest BCUT2D eigenvalue weighted by atomic mass is 10.0. The molecule has 0 aromatic heterocycles. The van der Waals surface area contributed by atoms with Crippen molar-refractivity contribution in [3.63, 3.8) is 0 Å². The summed E-state index contributed by atoms with van der Waals surface area (Å²) in [4.78, 5) is 14.7. The number of amides is 1. The number of hydrogen-bond acceptors (Lipinski definition) is 1. The first-order chi connectivity index (χ1) is 10.1. The van der Waals surface area contributed by atoms with Crippen molar-refractivity contribution >= 4 is 37.8 Å². The summed E-state index contributed by atoms with van der Waals surface area (Å²) >= 11 is 6.89. The maximum absolute atomic E-state index is 12.8. The molecule has 1 aliphatic rings. The van der Waals surface area contributed by atoms with Gasteiger partial charge in [0.25, 0.3) is 5.91 Å². The Morgan fingerprint density at radius 1 is 1.00 bits per heavy atom. The van der Waals surface area contributed by atoms with Crippen molar-refractivity contribution in [1.29, 1.82) is 0 Å². The lowest BCUT2D eigenvalue weighted by molar-refractivity contribution is 0.0746. The minimum Gasteiger partial charge on any atom is -0.334 e. The molecule has 0 radical (unpaired) electrons. The van der Waals surface area contributed by atoms with Crippen LogP contribution in [0.5, 0.6) is 0 Å². The van der Waals surface area contributed by atoms with E-state index in [9.17, 15) is 4.79 Å². The normalized spacial score (nSPS) is 14.5. The lowest BCUT2D eigenvalue weighted by Crippen LogP contribution is -2.30. The van der Waals surface area contributed by atoms with Crippen LogP contribution < -0.4 is 0 Å². The zero-order valence-electron chi connectivity index (χ0n) is 11.5. The molecule has 0 fully saturated rings.